The summed E-state index contributed by atoms with van der Waals surface area (Å²) in [6.07, 6.45) is 1.49. The molecule has 0 radical (unpaired) electrons. The van der Waals surface area contributed by atoms with Crippen molar-refractivity contribution in [1.29, 1.82) is 0 Å². The van der Waals surface area contributed by atoms with Gasteiger partial charge in [-0.3, -0.25) is 5.84 Å². The first-order chi connectivity index (χ1) is 8.15. The van der Waals surface area contributed by atoms with Gasteiger partial charge in [0, 0.05) is 5.56 Å². The van der Waals surface area contributed by atoms with E-state index in [0.717, 1.165) is 0 Å². The molecule has 0 bridgehead atoms. The lowest BCUT2D eigenvalue weighted by atomic mass is 10.0. The molecule has 0 amide bonds. The van der Waals surface area contributed by atoms with Crippen LogP contribution in [0.1, 0.15) is 17.4 Å². The van der Waals surface area contributed by atoms with Crippen molar-refractivity contribution in [3.8, 4) is 0 Å². The van der Waals surface area contributed by atoms with Gasteiger partial charge in [0.1, 0.15) is 17.6 Å². The van der Waals surface area contributed by atoms with E-state index in [2.05, 4.69) is 21.4 Å². The molecule has 1 heterocycles. The minimum atomic E-state index is -0.599. The van der Waals surface area contributed by atoms with E-state index in [1.165, 1.54) is 12.3 Å². The van der Waals surface area contributed by atoms with Crippen LogP contribution in [0.2, 0.25) is 5.02 Å². The van der Waals surface area contributed by atoms with Gasteiger partial charge in [-0.25, -0.2) is 9.82 Å². The number of nitrogens with one attached hydrogen (secondary N) is 1. The second-order valence-corrected chi connectivity index (χ2v) is 4.64. The summed E-state index contributed by atoms with van der Waals surface area (Å²) in [6, 6.07) is 5.84. The van der Waals surface area contributed by atoms with E-state index in [1.807, 2.05) is 0 Å². The summed E-state index contributed by atoms with van der Waals surface area (Å²) >= 11 is 9.03. The number of furan rings is 1. The van der Waals surface area contributed by atoms with Crippen LogP contribution in [-0.4, -0.2) is 0 Å². The Balaban J connectivity index is 2.50. The summed E-state index contributed by atoms with van der Waals surface area (Å²) in [5.74, 6) is 5.42. The first-order valence-electron chi connectivity index (χ1n) is 4.78. The first kappa shape index (κ1) is 12.6. The normalized spacial score (nSPS) is 12.7. The summed E-state index contributed by atoms with van der Waals surface area (Å²) in [5.41, 5.74) is 2.84. The molecule has 3 N–H and O–H groups in total. The van der Waals surface area contributed by atoms with Crippen LogP contribution in [0.3, 0.4) is 0 Å². The zero-order chi connectivity index (χ0) is 12.4. The average Bonchev–Trinajstić information content (AvgIpc) is 2.72. The molecule has 0 saturated heterocycles. The van der Waals surface area contributed by atoms with Gasteiger partial charge >= 0.3 is 0 Å². The predicted molar refractivity (Wildman–Crippen MR) is 67.0 cm³/mol. The molecule has 17 heavy (non-hydrogen) atoms. The number of hydrazine groups is 1. The molecule has 3 nitrogen and oxygen atoms in total. The highest BCUT2D eigenvalue weighted by molar-refractivity contribution is 9.10. The van der Waals surface area contributed by atoms with E-state index in [-0.39, 0.29) is 5.02 Å². The van der Waals surface area contributed by atoms with Gasteiger partial charge in [-0.1, -0.05) is 23.7 Å². The summed E-state index contributed by atoms with van der Waals surface area (Å²) < 4.78 is 19.9. The third-order valence-corrected chi connectivity index (χ3v) is 3.31. The van der Waals surface area contributed by atoms with Crippen molar-refractivity contribution in [1.82, 2.24) is 5.43 Å². The fourth-order valence-electron chi connectivity index (χ4n) is 1.56. The number of hydrogen-bond donors (Lipinski definition) is 2. The summed E-state index contributed by atoms with van der Waals surface area (Å²) in [4.78, 5) is 0. The fourth-order valence-corrected chi connectivity index (χ4v) is 2.17. The fraction of sp³-hybridized carbons (Fsp3) is 0.0909. The standard InChI is InChI=1S/C11H9BrClFN2O/c12-7-4-5-17-11(7)10(16-15)6-2-1-3-8(13)9(6)14/h1-5,10,16H,15H2. The van der Waals surface area contributed by atoms with E-state index in [9.17, 15) is 4.39 Å². The Morgan fingerprint density at radius 2 is 2.18 bits per heavy atom. The van der Waals surface area contributed by atoms with Crippen LogP contribution in [-0.2, 0) is 0 Å². The molecule has 2 rings (SSSR count). The molecule has 6 heteroatoms. The highest BCUT2D eigenvalue weighted by Crippen LogP contribution is 2.32. The van der Waals surface area contributed by atoms with Gasteiger partial charge in [0.15, 0.2) is 0 Å². The van der Waals surface area contributed by atoms with Crippen LogP contribution in [0.4, 0.5) is 4.39 Å². The van der Waals surface area contributed by atoms with Gasteiger partial charge in [0.05, 0.1) is 15.8 Å². The molecule has 1 aromatic carbocycles. The van der Waals surface area contributed by atoms with Crippen LogP contribution in [0.25, 0.3) is 0 Å². The number of benzene rings is 1. The Bertz CT molecular complexity index is 532. The van der Waals surface area contributed by atoms with Gasteiger partial charge in [0.25, 0.3) is 0 Å². The molecule has 1 atom stereocenters. The molecule has 0 aliphatic carbocycles. The van der Waals surface area contributed by atoms with E-state index in [1.54, 1.807) is 18.2 Å². The molecular weight excluding hydrogens is 310 g/mol. The van der Waals surface area contributed by atoms with Crippen molar-refractivity contribution in [2.75, 3.05) is 0 Å². The maximum Gasteiger partial charge on any atom is 0.147 e. The number of halogens is 3. The third-order valence-electron chi connectivity index (χ3n) is 2.37. The molecule has 0 spiro atoms. The lowest BCUT2D eigenvalue weighted by molar-refractivity contribution is 0.439. The maximum atomic E-state index is 13.9. The van der Waals surface area contributed by atoms with Gasteiger partial charge < -0.3 is 4.42 Å². The summed E-state index contributed by atoms with van der Waals surface area (Å²) in [5, 5.41) is 0.0467. The maximum absolute atomic E-state index is 13.9. The number of nitrogens with two attached hydrogens (primary N) is 1. The third kappa shape index (κ3) is 2.37. The van der Waals surface area contributed by atoms with Crippen molar-refractivity contribution < 1.29 is 8.81 Å². The van der Waals surface area contributed by atoms with Crippen LogP contribution < -0.4 is 11.3 Å². The van der Waals surface area contributed by atoms with E-state index >= 15 is 0 Å². The van der Waals surface area contributed by atoms with E-state index in [0.29, 0.717) is 15.8 Å². The molecule has 0 aliphatic rings. The Hall–Kier alpha value is -0.880. The SMILES string of the molecule is NNC(c1cccc(Cl)c1F)c1occc1Br. The number of rotatable bonds is 3. The minimum absolute atomic E-state index is 0.0467. The van der Waals surface area contributed by atoms with Crippen LogP contribution in [0.5, 0.6) is 0 Å². The van der Waals surface area contributed by atoms with Gasteiger partial charge in [-0.15, -0.1) is 0 Å². The molecule has 0 fully saturated rings. The lowest BCUT2D eigenvalue weighted by Gasteiger charge is -2.15. The molecule has 90 valence electrons. The van der Waals surface area contributed by atoms with Gasteiger partial charge in [-0.05, 0) is 28.1 Å². The predicted octanol–water partition coefficient (Wildman–Crippen LogP) is 3.39. The summed E-state index contributed by atoms with van der Waals surface area (Å²) in [6.45, 7) is 0. The number of hydrogen-bond acceptors (Lipinski definition) is 3. The quantitative estimate of drug-likeness (QED) is 0.673. The van der Waals surface area contributed by atoms with Crippen LogP contribution in [0.15, 0.2) is 39.4 Å². The molecule has 2 aromatic rings. The smallest absolute Gasteiger partial charge is 0.147 e. The first-order valence-corrected chi connectivity index (χ1v) is 5.95. The highest BCUT2D eigenvalue weighted by Gasteiger charge is 2.22. The van der Waals surface area contributed by atoms with Crippen molar-refractivity contribution in [3.05, 3.63) is 57.2 Å². The van der Waals surface area contributed by atoms with E-state index < -0.39 is 11.9 Å². The van der Waals surface area contributed by atoms with Crippen molar-refractivity contribution in [2.45, 2.75) is 6.04 Å². The molecule has 0 saturated carbocycles. The topological polar surface area (TPSA) is 51.2 Å². The molecule has 1 unspecified atom stereocenters. The van der Waals surface area contributed by atoms with Crippen molar-refractivity contribution in [2.24, 2.45) is 5.84 Å². The van der Waals surface area contributed by atoms with E-state index in [4.69, 9.17) is 21.9 Å². The largest absolute Gasteiger partial charge is 0.466 e. The molecule has 1 aromatic heterocycles. The second-order valence-electron chi connectivity index (χ2n) is 3.38. The minimum Gasteiger partial charge on any atom is -0.466 e. The second kappa shape index (κ2) is 5.18. The van der Waals surface area contributed by atoms with Crippen LogP contribution in [0, 0.1) is 5.82 Å². The Labute approximate surface area is 111 Å². The van der Waals surface area contributed by atoms with Crippen LogP contribution >= 0.6 is 27.5 Å². The molecular formula is C11H9BrClFN2O. The molecule has 0 aliphatic heterocycles. The Morgan fingerprint density at radius 1 is 1.41 bits per heavy atom. The summed E-state index contributed by atoms with van der Waals surface area (Å²) in [7, 11) is 0. The van der Waals surface area contributed by atoms with Gasteiger partial charge in [-0.2, -0.15) is 0 Å². The lowest BCUT2D eigenvalue weighted by Crippen LogP contribution is -2.29. The Morgan fingerprint density at radius 3 is 2.76 bits per heavy atom. The van der Waals surface area contributed by atoms with Crippen molar-refractivity contribution >= 4 is 27.5 Å². The zero-order valence-corrected chi connectivity index (χ0v) is 10.9. The average molecular weight is 320 g/mol. The monoisotopic (exact) mass is 318 g/mol. The Kier molecular flexibility index (Phi) is 3.83. The van der Waals surface area contributed by atoms with Gasteiger partial charge in [0.2, 0.25) is 0 Å². The van der Waals surface area contributed by atoms with Crippen molar-refractivity contribution in [3.63, 3.8) is 0 Å². The highest BCUT2D eigenvalue weighted by atomic mass is 79.9. The zero-order valence-electron chi connectivity index (χ0n) is 8.58.